The van der Waals surface area contributed by atoms with Crippen molar-refractivity contribution < 1.29 is 13.9 Å². The molecule has 0 unspecified atom stereocenters. The molecule has 106 valence electrons. The van der Waals surface area contributed by atoms with Crippen molar-refractivity contribution in [1.29, 1.82) is 0 Å². The topological polar surface area (TPSA) is 44.2 Å². The van der Waals surface area contributed by atoms with Gasteiger partial charge in [-0.25, -0.2) is 9.37 Å². The van der Waals surface area contributed by atoms with Crippen molar-refractivity contribution in [1.82, 2.24) is 9.97 Å². The summed E-state index contributed by atoms with van der Waals surface area (Å²) in [5.74, 6) is 0.769. The van der Waals surface area contributed by atoms with Crippen LogP contribution in [0.15, 0.2) is 28.7 Å². The van der Waals surface area contributed by atoms with Gasteiger partial charge in [0.2, 0.25) is 5.88 Å². The molecule has 0 atom stereocenters. The molecule has 2 aromatic rings. The fourth-order valence-electron chi connectivity index (χ4n) is 1.42. The van der Waals surface area contributed by atoms with Crippen molar-refractivity contribution in [2.24, 2.45) is 0 Å². The van der Waals surface area contributed by atoms with Gasteiger partial charge in [-0.3, -0.25) is 0 Å². The highest BCUT2D eigenvalue weighted by molar-refractivity contribution is 9.10. The van der Waals surface area contributed by atoms with Crippen LogP contribution in [0.2, 0.25) is 5.15 Å². The fourth-order valence-corrected chi connectivity index (χ4v) is 2.05. The summed E-state index contributed by atoms with van der Waals surface area (Å²) in [7, 11) is 0. The second kappa shape index (κ2) is 6.97. The van der Waals surface area contributed by atoms with Crippen LogP contribution in [-0.2, 0) is 11.3 Å². The summed E-state index contributed by atoms with van der Waals surface area (Å²) < 4.78 is 24.3. The average molecular weight is 362 g/mol. The van der Waals surface area contributed by atoms with E-state index in [0.29, 0.717) is 22.7 Å². The molecule has 0 saturated carbocycles. The number of aromatic nitrogens is 2. The lowest BCUT2D eigenvalue weighted by molar-refractivity contribution is 0.128. The Kier molecular flexibility index (Phi) is 5.28. The summed E-state index contributed by atoms with van der Waals surface area (Å²) in [6.45, 7) is 2.67. The van der Waals surface area contributed by atoms with E-state index in [4.69, 9.17) is 21.1 Å². The summed E-state index contributed by atoms with van der Waals surface area (Å²) >= 11 is 9.12. The van der Waals surface area contributed by atoms with Crippen LogP contribution >= 0.6 is 27.5 Å². The Morgan fingerprint density at radius 1 is 1.30 bits per heavy atom. The van der Waals surface area contributed by atoms with Gasteiger partial charge in [0.25, 0.3) is 0 Å². The third kappa shape index (κ3) is 4.13. The van der Waals surface area contributed by atoms with Crippen LogP contribution in [0.4, 0.5) is 4.39 Å². The van der Waals surface area contributed by atoms with Crippen LogP contribution < -0.4 is 4.74 Å². The van der Waals surface area contributed by atoms with Crippen LogP contribution in [0.5, 0.6) is 11.6 Å². The normalized spacial score (nSPS) is 10.6. The fraction of sp³-hybridized carbons (Fsp3) is 0.231. The summed E-state index contributed by atoms with van der Waals surface area (Å²) in [4.78, 5) is 8.20. The first kappa shape index (κ1) is 15.2. The van der Waals surface area contributed by atoms with Gasteiger partial charge >= 0.3 is 0 Å². The van der Waals surface area contributed by atoms with Crippen LogP contribution in [0, 0.1) is 5.82 Å². The molecule has 1 aromatic heterocycles. The molecule has 0 fully saturated rings. The molecule has 0 bridgehead atoms. The maximum atomic E-state index is 13.0. The van der Waals surface area contributed by atoms with Gasteiger partial charge in [0, 0.05) is 12.7 Å². The average Bonchev–Trinajstić information content (AvgIpc) is 2.39. The third-order valence-electron chi connectivity index (χ3n) is 2.26. The zero-order chi connectivity index (χ0) is 14.5. The molecule has 1 aromatic carbocycles. The van der Waals surface area contributed by atoms with E-state index in [1.807, 2.05) is 6.92 Å². The number of rotatable bonds is 5. The van der Waals surface area contributed by atoms with E-state index >= 15 is 0 Å². The zero-order valence-electron chi connectivity index (χ0n) is 10.6. The van der Waals surface area contributed by atoms with E-state index in [0.717, 1.165) is 0 Å². The first-order valence-electron chi connectivity index (χ1n) is 5.82. The van der Waals surface area contributed by atoms with E-state index < -0.39 is 0 Å². The molecule has 4 nitrogen and oxygen atoms in total. The molecule has 0 saturated heterocycles. The molecule has 0 aliphatic carbocycles. The number of hydrogen-bond acceptors (Lipinski definition) is 4. The lowest BCUT2D eigenvalue weighted by Crippen LogP contribution is -2.01. The number of ether oxygens (including phenoxy) is 2. The summed E-state index contributed by atoms with van der Waals surface area (Å²) in [5.41, 5.74) is 0. The molecule has 0 aliphatic heterocycles. The molecule has 0 amide bonds. The van der Waals surface area contributed by atoms with Gasteiger partial charge in [0.1, 0.15) is 23.3 Å². The molecule has 0 spiro atoms. The molecule has 20 heavy (non-hydrogen) atoms. The molecule has 1 heterocycles. The van der Waals surface area contributed by atoms with Crippen molar-refractivity contribution in [3.05, 3.63) is 45.5 Å². The van der Waals surface area contributed by atoms with E-state index in [1.54, 1.807) is 0 Å². The Bertz CT molecular complexity index is 613. The Morgan fingerprint density at radius 3 is 2.80 bits per heavy atom. The number of halogens is 3. The third-order valence-corrected chi connectivity index (χ3v) is 3.07. The predicted molar refractivity (Wildman–Crippen MR) is 76.5 cm³/mol. The minimum atomic E-state index is -0.359. The lowest BCUT2D eigenvalue weighted by Gasteiger charge is -2.08. The van der Waals surface area contributed by atoms with Gasteiger partial charge in [0.15, 0.2) is 5.82 Å². The monoisotopic (exact) mass is 360 g/mol. The lowest BCUT2D eigenvalue weighted by atomic mass is 10.3. The maximum Gasteiger partial charge on any atom is 0.224 e. The zero-order valence-corrected chi connectivity index (χ0v) is 12.9. The van der Waals surface area contributed by atoms with E-state index in [2.05, 4.69) is 25.9 Å². The van der Waals surface area contributed by atoms with Crippen LogP contribution in [-0.4, -0.2) is 16.6 Å². The molecule has 2 rings (SSSR count). The second-order valence-electron chi connectivity index (χ2n) is 3.76. The van der Waals surface area contributed by atoms with E-state index in [-0.39, 0.29) is 23.5 Å². The first-order chi connectivity index (χ1) is 9.58. The van der Waals surface area contributed by atoms with Gasteiger partial charge in [-0.1, -0.05) is 11.6 Å². The molecular formula is C13H11BrClFN2O2. The smallest absolute Gasteiger partial charge is 0.224 e. The Balaban J connectivity index is 2.21. The number of hydrogen-bond donors (Lipinski definition) is 0. The highest BCUT2D eigenvalue weighted by Gasteiger charge is 2.08. The molecule has 0 aliphatic rings. The number of nitrogens with zero attached hydrogens (tertiary/aromatic N) is 2. The van der Waals surface area contributed by atoms with Crippen molar-refractivity contribution in [3.8, 4) is 11.6 Å². The standard InChI is InChI=1S/C13H11BrClFN2O2/c1-2-19-7-12-17-11(15)6-13(18-12)20-10-4-3-8(16)5-9(10)14/h3-6H,2,7H2,1H3. The van der Waals surface area contributed by atoms with Crippen molar-refractivity contribution >= 4 is 27.5 Å². The SMILES string of the molecule is CCOCc1nc(Cl)cc(Oc2ccc(F)cc2Br)n1. The van der Waals surface area contributed by atoms with Gasteiger partial charge < -0.3 is 9.47 Å². The maximum absolute atomic E-state index is 13.0. The van der Waals surface area contributed by atoms with Crippen molar-refractivity contribution in [3.63, 3.8) is 0 Å². The molecule has 7 heteroatoms. The van der Waals surface area contributed by atoms with Gasteiger partial charge in [-0.15, -0.1) is 0 Å². The second-order valence-corrected chi connectivity index (χ2v) is 5.00. The minimum Gasteiger partial charge on any atom is -0.438 e. The van der Waals surface area contributed by atoms with Crippen LogP contribution in [0.25, 0.3) is 0 Å². The molecular weight excluding hydrogens is 351 g/mol. The first-order valence-corrected chi connectivity index (χ1v) is 6.99. The van der Waals surface area contributed by atoms with Crippen LogP contribution in [0.3, 0.4) is 0 Å². The highest BCUT2D eigenvalue weighted by atomic mass is 79.9. The van der Waals surface area contributed by atoms with E-state index in [9.17, 15) is 4.39 Å². The van der Waals surface area contributed by atoms with E-state index in [1.165, 1.54) is 24.3 Å². The Labute approximate surface area is 129 Å². The largest absolute Gasteiger partial charge is 0.438 e. The van der Waals surface area contributed by atoms with Gasteiger partial charge in [-0.2, -0.15) is 4.98 Å². The quantitative estimate of drug-likeness (QED) is 0.742. The highest BCUT2D eigenvalue weighted by Crippen LogP contribution is 2.30. The molecule has 0 N–H and O–H groups in total. The van der Waals surface area contributed by atoms with Crippen molar-refractivity contribution in [2.75, 3.05) is 6.61 Å². The summed E-state index contributed by atoms with van der Waals surface area (Å²) in [6.07, 6.45) is 0. The number of benzene rings is 1. The Hall–Kier alpha value is -1.24. The van der Waals surface area contributed by atoms with Gasteiger partial charge in [0.05, 0.1) is 4.47 Å². The van der Waals surface area contributed by atoms with Crippen molar-refractivity contribution in [2.45, 2.75) is 13.5 Å². The summed E-state index contributed by atoms with van der Waals surface area (Å²) in [6, 6.07) is 5.58. The summed E-state index contributed by atoms with van der Waals surface area (Å²) in [5, 5.41) is 0.253. The minimum absolute atomic E-state index is 0.248. The van der Waals surface area contributed by atoms with Crippen LogP contribution in [0.1, 0.15) is 12.7 Å². The molecule has 0 radical (unpaired) electrons. The predicted octanol–water partition coefficient (Wildman–Crippen LogP) is 4.36. The Morgan fingerprint density at radius 2 is 2.10 bits per heavy atom. The van der Waals surface area contributed by atoms with Gasteiger partial charge in [-0.05, 0) is 41.1 Å².